The maximum Gasteiger partial charge on any atom is 0.197 e. The maximum absolute atomic E-state index is 11.1. The smallest absolute Gasteiger partial charge is 0.197 e. The zero-order chi connectivity index (χ0) is 24.1. The first-order valence-corrected chi connectivity index (χ1v) is 12.1. The van der Waals surface area contributed by atoms with Crippen LogP contribution in [0.3, 0.4) is 0 Å². The summed E-state index contributed by atoms with van der Waals surface area (Å²) < 4.78 is 6.27. The summed E-state index contributed by atoms with van der Waals surface area (Å²) in [7, 11) is 0. The average molecular weight is 478 g/mol. The van der Waals surface area contributed by atoms with Crippen LogP contribution in [0.1, 0.15) is 5.56 Å². The largest absolute Gasteiger partial charge is 0.494 e. The van der Waals surface area contributed by atoms with E-state index in [0.717, 1.165) is 59.9 Å². The van der Waals surface area contributed by atoms with Gasteiger partial charge in [-0.05, 0) is 23.8 Å². The van der Waals surface area contributed by atoms with Crippen molar-refractivity contribution < 1.29 is 15.3 Å². The molecule has 8 nitrogen and oxygen atoms in total. The summed E-state index contributed by atoms with van der Waals surface area (Å²) in [6, 6.07) is 14.5. The lowest BCUT2D eigenvalue weighted by Gasteiger charge is -2.24. The second kappa shape index (κ2) is 6.90. The molecule has 2 unspecified atom stereocenters. The minimum absolute atomic E-state index is 0.130. The van der Waals surface area contributed by atoms with E-state index in [2.05, 4.69) is 49.4 Å². The number of aliphatic hydroxyl groups is 2. The standard InChI is InChI=1S/C28H23N5O3/c34-21-12-32-19-4-2-1-3-16(19)23-18-10-30-28(36)25(18)24-17-9-15(11-31-8-7-29-14-31)5-6-20(17)33(13-22(21)35)27(24)26(23)32/h1-10,14,21-22,30,34-36H,11-13H2. The molecule has 0 radical (unpaired) electrons. The number of rotatable bonds is 2. The number of hydrogen-bond acceptors (Lipinski definition) is 4. The molecule has 0 spiro atoms. The molecule has 0 fully saturated rings. The Labute approximate surface area is 204 Å². The Hall–Kier alpha value is -4.27. The minimum Gasteiger partial charge on any atom is -0.494 e. The van der Waals surface area contributed by atoms with Crippen LogP contribution in [-0.4, -0.2) is 51.2 Å². The molecule has 36 heavy (non-hydrogen) atoms. The monoisotopic (exact) mass is 477 g/mol. The fourth-order valence-corrected chi connectivity index (χ4v) is 6.27. The third-order valence-corrected chi connectivity index (χ3v) is 7.81. The summed E-state index contributed by atoms with van der Waals surface area (Å²) in [4.78, 5) is 7.21. The first-order valence-electron chi connectivity index (χ1n) is 12.1. The van der Waals surface area contributed by atoms with Gasteiger partial charge in [0, 0.05) is 63.1 Å². The van der Waals surface area contributed by atoms with Gasteiger partial charge in [0.15, 0.2) is 5.88 Å². The van der Waals surface area contributed by atoms with Gasteiger partial charge in [0.25, 0.3) is 0 Å². The van der Waals surface area contributed by atoms with E-state index in [1.165, 1.54) is 0 Å². The number of aromatic hydroxyl groups is 1. The highest BCUT2D eigenvalue weighted by atomic mass is 16.3. The van der Waals surface area contributed by atoms with Crippen LogP contribution >= 0.6 is 0 Å². The molecule has 0 saturated heterocycles. The summed E-state index contributed by atoms with van der Waals surface area (Å²) in [5.74, 6) is 0.130. The molecule has 3 aromatic carbocycles. The lowest BCUT2D eigenvalue weighted by Crippen LogP contribution is -2.35. The third-order valence-electron chi connectivity index (χ3n) is 7.81. The van der Waals surface area contributed by atoms with Crippen molar-refractivity contribution in [2.24, 2.45) is 0 Å². The molecule has 4 N–H and O–H groups in total. The van der Waals surface area contributed by atoms with Gasteiger partial charge in [-0.15, -0.1) is 0 Å². The lowest BCUT2D eigenvalue weighted by atomic mass is 10.0. The topological polar surface area (TPSA) is 104 Å². The van der Waals surface area contributed by atoms with Gasteiger partial charge in [-0.3, -0.25) is 0 Å². The zero-order valence-corrected chi connectivity index (χ0v) is 19.3. The first-order chi connectivity index (χ1) is 17.6. The Balaban J connectivity index is 1.62. The molecule has 1 aliphatic rings. The van der Waals surface area contributed by atoms with Crippen molar-refractivity contribution in [3.8, 4) is 5.88 Å². The van der Waals surface area contributed by atoms with E-state index in [1.807, 2.05) is 29.1 Å². The molecule has 8 rings (SSSR count). The molecule has 4 aromatic heterocycles. The molecule has 2 atom stereocenters. The van der Waals surface area contributed by atoms with E-state index >= 15 is 0 Å². The summed E-state index contributed by atoms with van der Waals surface area (Å²) in [5, 5.41) is 38.8. The van der Waals surface area contributed by atoms with Crippen molar-refractivity contribution in [1.82, 2.24) is 23.7 Å². The van der Waals surface area contributed by atoms with E-state index < -0.39 is 12.2 Å². The molecule has 8 heteroatoms. The fourth-order valence-electron chi connectivity index (χ4n) is 6.27. The van der Waals surface area contributed by atoms with Gasteiger partial charge in [-0.1, -0.05) is 24.3 Å². The van der Waals surface area contributed by atoms with Crippen molar-refractivity contribution in [2.75, 3.05) is 0 Å². The van der Waals surface area contributed by atoms with Crippen LogP contribution in [0.2, 0.25) is 0 Å². The van der Waals surface area contributed by atoms with Crippen molar-refractivity contribution in [1.29, 1.82) is 0 Å². The molecule has 0 saturated carbocycles. The lowest BCUT2D eigenvalue weighted by molar-refractivity contribution is 0.00168. The third kappa shape index (κ3) is 2.47. The Morgan fingerprint density at radius 2 is 1.61 bits per heavy atom. The van der Waals surface area contributed by atoms with Gasteiger partial charge < -0.3 is 34.0 Å². The van der Waals surface area contributed by atoms with Crippen molar-refractivity contribution in [2.45, 2.75) is 31.8 Å². The van der Waals surface area contributed by atoms with Gasteiger partial charge in [-0.2, -0.15) is 0 Å². The normalized spacial score (nSPS) is 18.3. The highest BCUT2D eigenvalue weighted by molar-refractivity contribution is 6.36. The van der Waals surface area contributed by atoms with Gasteiger partial charge in [-0.25, -0.2) is 4.98 Å². The zero-order valence-electron chi connectivity index (χ0n) is 19.3. The Morgan fingerprint density at radius 1 is 0.861 bits per heavy atom. The van der Waals surface area contributed by atoms with Gasteiger partial charge >= 0.3 is 0 Å². The number of aliphatic hydroxyl groups excluding tert-OH is 2. The molecule has 0 amide bonds. The molecular formula is C28H23N5O3. The number of para-hydroxylation sites is 1. The Kier molecular flexibility index (Phi) is 3.83. The number of hydrogen-bond donors (Lipinski definition) is 4. The number of aromatic nitrogens is 5. The minimum atomic E-state index is -0.936. The predicted octanol–water partition coefficient (Wildman–Crippen LogP) is 4.07. The summed E-state index contributed by atoms with van der Waals surface area (Å²) in [6.07, 6.45) is 5.52. The number of fused-ring (bicyclic) bond motifs is 9. The number of H-pyrrole nitrogens is 1. The van der Waals surface area contributed by atoms with Crippen molar-refractivity contribution in [3.05, 3.63) is 72.9 Å². The van der Waals surface area contributed by atoms with E-state index in [1.54, 1.807) is 12.5 Å². The fraction of sp³-hybridized carbons (Fsp3) is 0.179. The van der Waals surface area contributed by atoms with Crippen LogP contribution in [0.4, 0.5) is 0 Å². The highest BCUT2D eigenvalue weighted by Crippen LogP contribution is 2.47. The molecule has 0 bridgehead atoms. The van der Waals surface area contributed by atoms with Crippen LogP contribution in [0, 0.1) is 0 Å². The first kappa shape index (κ1) is 20.0. The number of nitrogens with zero attached hydrogens (tertiary/aromatic N) is 4. The number of aromatic amines is 1. The summed E-state index contributed by atoms with van der Waals surface area (Å²) in [5.41, 5.74) is 5.03. The molecule has 7 aromatic rings. The number of benzene rings is 3. The van der Waals surface area contributed by atoms with Crippen LogP contribution in [0.5, 0.6) is 5.88 Å². The Bertz CT molecular complexity index is 1980. The van der Waals surface area contributed by atoms with E-state index in [-0.39, 0.29) is 19.0 Å². The number of nitrogens with one attached hydrogen (secondary N) is 1. The van der Waals surface area contributed by atoms with Crippen molar-refractivity contribution in [3.63, 3.8) is 0 Å². The molecule has 1 aliphatic heterocycles. The van der Waals surface area contributed by atoms with E-state index in [0.29, 0.717) is 6.54 Å². The number of imidazole rings is 1. The van der Waals surface area contributed by atoms with Crippen LogP contribution in [0.25, 0.3) is 54.4 Å². The highest BCUT2D eigenvalue weighted by Gasteiger charge is 2.30. The van der Waals surface area contributed by atoms with Gasteiger partial charge in [0.2, 0.25) is 0 Å². The second-order valence-corrected chi connectivity index (χ2v) is 9.83. The second-order valence-electron chi connectivity index (χ2n) is 9.83. The van der Waals surface area contributed by atoms with Gasteiger partial charge in [0.05, 0.1) is 48.0 Å². The quantitative estimate of drug-likeness (QED) is 0.301. The summed E-state index contributed by atoms with van der Waals surface area (Å²) in [6.45, 7) is 1.22. The maximum atomic E-state index is 11.1. The molecule has 5 heterocycles. The van der Waals surface area contributed by atoms with Crippen molar-refractivity contribution >= 4 is 54.4 Å². The van der Waals surface area contributed by atoms with Gasteiger partial charge in [0.1, 0.15) is 0 Å². The van der Waals surface area contributed by atoms with Crippen LogP contribution in [0.15, 0.2) is 67.4 Å². The molecular weight excluding hydrogens is 454 g/mol. The molecule has 178 valence electrons. The van der Waals surface area contributed by atoms with E-state index in [9.17, 15) is 15.3 Å². The van der Waals surface area contributed by atoms with Crippen LogP contribution < -0.4 is 0 Å². The predicted molar refractivity (Wildman–Crippen MR) is 139 cm³/mol. The SMILES string of the molecule is Oc1[nH]cc2c1c1c3cc(Cn4ccnc4)ccc3n3c1c1c2c2ccccc2n1CC(O)C(O)C3. The van der Waals surface area contributed by atoms with Crippen LogP contribution in [-0.2, 0) is 19.6 Å². The average Bonchev–Trinajstić information content (AvgIpc) is 3.65. The molecule has 0 aliphatic carbocycles. The van der Waals surface area contributed by atoms with E-state index in [4.69, 9.17) is 0 Å². The Morgan fingerprint density at radius 3 is 2.39 bits per heavy atom. The summed E-state index contributed by atoms with van der Waals surface area (Å²) >= 11 is 0.